The predicted molar refractivity (Wildman–Crippen MR) is 79.0 cm³/mol. The largest absolute Gasteiger partial charge is 0.308 e. The fourth-order valence-corrected chi connectivity index (χ4v) is 3.07. The molecule has 0 bridgehead atoms. The summed E-state index contributed by atoms with van der Waals surface area (Å²) in [4.78, 5) is 26.0. The van der Waals surface area contributed by atoms with E-state index in [0.29, 0.717) is 23.9 Å². The van der Waals surface area contributed by atoms with Crippen molar-refractivity contribution in [1.82, 2.24) is 0 Å². The van der Waals surface area contributed by atoms with E-state index in [-0.39, 0.29) is 23.3 Å². The van der Waals surface area contributed by atoms with Crippen molar-refractivity contribution in [3.05, 3.63) is 28.5 Å². The van der Waals surface area contributed by atoms with E-state index in [0.717, 1.165) is 0 Å². The van der Waals surface area contributed by atoms with E-state index >= 15 is 0 Å². The molecule has 1 aliphatic heterocycles. The summed E-state index contributed by atoms with van der Waals surface area (Å²) in [5.74, 6) is -1.64. The number of para-hydroxylation sites is 1. The van der Waals surface area contributed by atoms with Crippen LogP contribution in [-0.2, 0) is 9.59 Å². The molecular weight excluding hydrogens is 325 g/mol. The smallest absolute Gasteiger partial charge is 0.237 e. The van der Waals surface area contributed by atoms with Crippen LogP contribution < -0.4 is 4.90 Å². The van der Waals surface area contributed by atoms with Gasteiger partial charge in [-0.2, -0.15) is 0 Å². The topological polar surface area (TPSA) is 37.4 Å². The van der Waals surface area contributed by atoms with E-state index in [1.807, 2.05) is 0 Å². The van der Waals surface area contributed by atoms with Crippen molar-refractivity contribution < 1.29 is 14.0 Å². The number of carbonyl (C=O) groups is 2. The van der Waals surface area contributed by atoms with Crippen LogP contribution in [0, 0.1) is 17.7 Å². The highest BCUT2D eigenvalue weighted by Gasteiger charge is 2.36. The molecule has 1 aromatic carbocycles. The predicted octanol–water partition coefficient (Wildman–Crippen LogP) is 3.56. The van der Waals surface area contributed by atoms with Crippen LogP contribution >= 0.6 is 15.9 Å². The molecule has 0 radical (unpaired) electrons. The zero-order chi connectivity index (χ0) is 14.9. The van der Waals surface area contributed by atoms with Crippen LogP contribution in [0.4, 0.5) is 10.1 Å². The van der Waals surface area contributed by atoms with Crippen molar-refractivity contribution in [3.8, 4) is 0 Å². The van der Waals surface area contributed by atoms with Crippen molar-refractivity contribution >= 4 is 33.3 Å². The lowest BCUT2D eigenvalue weighted by Crippen LogP contribution is -2.45. The van der Waals surface area contributed by atoms with Crippen LogP contribution in [0.3, 0.4) is 0 Å². The monoisotopic (exact) mass is 341 g/mol. The van der Waals surface area contributed by atoms with Crippen molar-refractivity contribution in [2.75, 3.05) is 11.4 Å². The normalized spacial score (nSPS) is 19.6. The minimum atomic E-state index is -0.643. The number of nitrogens with zero attached hydrogens (tertiary/aromatic N) is 1. The van der Waals surface area contributed by atoms with E-state index in [1.54, 1.807) is 26.0 Å². The van der Waals surface area contributed by atoms with Crippen molar-refractivity contribution in [2.45, 2.75) is 26.7 Å². The first kappa shape index (κ1) is 15.2. The molecule has 108 valence electrons. The third-order valence-electron chi connectivity index (χ3n) is 3.56. The van der Waals surface area contributed by atoms with Gasteiger partial charge in [-0.15, -0.1) is 0 Å². The molecule has 2 rings (SSSR count). The number of piperidine rings is 1. The quantitative estimate of drug-likeness (QED) is 0.788. The highest BCUT2D eigenvalue weighted by Crippen LogP contribution is 2.33. The van der Waals surface area contributed by atoms with Gasteiger partial charge in [0.2, 0.25) is 5.91 Å². The molecule has 20 heavy (non-hydrogen) atoms. The Balaban J connectivity index is 2.34. The molecule has 1 atom stereocenters. The van der Waals surface area contributed by atoms with E-state index in [2.05, 4.69) is 15.9 Å². The Bertz CT molecular complexity index is 524. The molecule has 1 amide bonds. The summed E-state index contributed by atoms with van der Waals surface area (Å²) in [6.07, 6.45) is 1.26. The van der Waals surface area contributed by atoms with Gasteiger partial charge in [-0.05, 0) is 40.9 Å². The van der Waals surface area contributed by atoms with Gasteiger partial charge in [0.15, 0.2) is 0 Å². The Morgan fingerprint density at radius 2 is 2.15 bits per heavy atom. The van der Waals surface area contributed by atoms with E-state index < -0.39 is 11.7 Å². The lowest BCUT2D eigenvalue weighted by atomic mass is 9.87. The average molecular weight is 342 g/mol. The maximum absolute atomic E-state index is 14.0. The van der Waals surface area contributed by atoms with Gasteiger partial charge in [0.05, 0.1) is 11.6 Å². The van der Waals surface area contributed by atoms with E-state index in [4.69, 9.17) is 0 Å². The van der Waals surface area contributed by atoms with E-state index in [9.17, 15) is 14.0 Å². The first-order valence-corrected chi connectivity index (χ1v) is 7.52. The van der Waals surface area contributed by atoms with Crippen LogP contribution in [0.15, 0.2) is 22.7 Å². The zero-order valence-corrected chi connectivity index (χ0v) is 13.1. The summed E-state index contributed by atoms with van der Waals surface area (Å²) in [6, 6.07) is 4.59. The standard InChI is InChI=1S/C15H17BrFNO2/c1-9(2)14(19)10-5-4-8-18(15(10)20)13-11(16)6-3-7-12(13)17/h3,6-7,9-10H,4-5,8H2,1-2H3. The van der Waals surface area contributed by atoms with Crippen LogP contribution in [0.2, 0.25) is 0 Å². The molecule has 5 heteroatoms. The number of amides is 1. The Labute approximate surface area is 126 Å². The summed E-state index contributed by atoms with van der Waals surface area (Å²) in [7, 11) is 0. The van der Waals surface area contributed by atoms with E-state index in [1.165, 1.54) is 11.0 Å². The minimum Gasteiger partial charge on any atom is -0.308 e. The molecule has 0 aliphatic carbocycles. The Kier molecular flexibility index (Phi) is 4.58. The molecule has 3 nitrogen and oxygen atoms in total. The SMILES string of the molecule is CC(C)C(=O)C1CCCN(c2c(F)cccc2Br)C1=O. The fourth-order valence-electron chi connectivity index (χ4n) is 2.51. The van der Waals surface area contributed by atoms with Gasteiger partial charge >= 0.3 is 0 Å². The van der Waals surface area contributed by atoms with Gasteiger partial charge in [-0.1, -0.05) is 19.9 Å². The number of halogens is 2. The van der Waals surface area contributed by atoms with Crippen molar-refractivity contribution in [2.24, 2.45) is 11.8 Å². The first-order valence-electron chi connectivity index (χ1n) is 6.72. The summed E-state index contributed by atoms with van der Waals surface area (Å²) < 4.78 is 14.5. The lowest BCUT2D eigenvalue weighted by Gasteiger charge is -2.33. The zero-order valence-electron chi connectivity index (χ0n) is 11.5. The van der Waals surface area contributed by atoms with Gasteiger partial charge in [-0.3, -0.25) is 9.59 Å². The average Bonchev–Trinajstić information content (AvgIpc) is 2.39. The molecule has 1 aliphatic rings. The van der Waals surface area contributed by atoms with Crippen LogP contribution in [0.5, 0.6) is 0 Å². The summed E-state index contributed by atoms with van der Waals surface area (Å²) in [5.41, 5.74) is 0.235. The number of hydrogen-bond donors (Lipinski definition) is 0. The first-order chi connectivity index (χ1) is 9.43. The molecule has 1 unspecified atom stereocenters. The second-order valence-corrected chi connectivity index (χ2v) is 6.17. The number of hydrogen-bond acceptors (Lipinski definition) is 2. The molecule has 1 saturated heterocycles. The Morgan fingerprint density at radius 3 is 2.75 bits per heavy atom. The van der Waals surface area contributed by atoms with Gasteiger partial charge < -0.3 is 4.90 Å². The summed E-state index contributed by atoms with van der Waals surface area (Å²) >= 11 is 3.28. The molecular formula is C15H17BrFNO2. The van der Waals surface area contributed by atoms with Gasteiger partial charge in [0, 0.05) is 16.9 Å². The number of anilines is 1. The van der Waals surface area contributed by atoms with Crippen molar-refractivity contribution in [1.29, 1.82) is 0 Å². The number of Topliss-reactive ketones (excluding diaryl/α,β-unsaturated/α-hetero) is 1. The maximum Gasteiger partial charge on any atom is 0.237 e. The van der Waals surface area contributed by atoms with Crippen molar-refractivity contribution in [3.63, 3.8) is 0 Å². The molecule has 0 N–H and O–H groups in total. The fraction of sp³-hybridized carbons (Fsp3) is 0.467. The third-order valence-corrected chi connectivity index (χ3v) is 4.20. The molecule has 0 spiro atoms. The molecule has 1 aromatic rings. The van der Waals surface area contributed by atoms with Crippen LogP contribution in [-0.4, -0.2) is 18.2 Å². The molecule has 1 fully saturated rings. The third kappa shape index (κ3) is 2.77. The highest BCUT2D eigenvalue weighted by atomic mass is 79.9. The highest BCUT2D eigenvalue weighted by molar-refractivity contribution is 9.10. The van der Waals surface area contributed by atoms with Gasteiger partial charge in [0.25, 0.3) is 0 Å². The molecule has 0 saturated carbocycles. The Hall–Kier alpha value is -1.23. The minimum absolute atomic E-state index is 0.0628. The summed E-state index contributed by atoms with van der Waals surface area (Å²) in [5, 5.41) is 0. The van der Waals surface area contributed by atoms with Crippen LogP contribution in [0.25, 0.3) is 0 Å². The lowest BCUT2D eigenvalue weighted by molar-refractivity contribution is -0.135. The number of benzene rings is 1. The number of ketones is 1. The Morgan fingerprint density at radius 1 is 1.45 bits per heavy atom. The van der Waals surface area contributed by atoms with Gasteiger partial charge in [0.1, 0.15) is 11.6 Å². The number of carbonyl (C=O) groups excluding carboxylic acids is 2. The molecule has 0 aromatic heterocycles. The van der Waals surface area contributed by atoms with Crippen LogP contribution in [0.1, 0.15) is 26.7 Å². The second-order valence-electron chi connectivity index (χ2n) is 5.31. The van der Waals surface area contributed by atoms with Gasteiger partial charge in [-0.25, -0.2) is 4.39 Å². The molecule has 1 heterocycles. The second kappa shape index (κ2) is 6.04. The number of rotatable bonds is 3. The maximum atomic E-state index is 14.0. The summed E-state index contributed by atoms with van der Waals surface area (Å²) in [6.45, 7) is 4.02.